The minimum Gasteiger partial charge on any atom is -0.485 e. The number of fused-ring (bicyclic) bond motifs is 1. The number of nitrogens with one attached hydrogen (secondary N) is 1. The van der Waals surface area contributed by atoms with Gasteiger partial charge in [0.05, 0.1) is 11.8 Å². The van der Waals surface area contributed by atoms with Gasteiger partial charge in [-0.15, -0.1) is 10.2 Å². The van der Waals surface area contributed by atoms with Gasteiger partial charge in [0.2, 0.25) is 11.1 Å². The first kappa shape index (κ1) is 23.2. The average molecular weight is 466 g/mol. The van der Waals surface area contributed by atoms with Crippen LogP contribution in [0.4, 0.5) is 0 Å². The number of carbonyl (C=O) groups is 1. The molecule has 0 fully saturated rings. The van der Waals surface area contributed by atoms with Crippen molar-refractivity contribution in [2.75, 3.05) is 11.6 Å². The topological polar surface area (TPSA) is 95.1 Å². The summed E-state index contributed by atoms with van der Waals surface area (Å²) in [5, 5.41) is 12.0. The lowest BCUT2D eigenvalue weighted by molar-refractivity contribution is -0.119. The van der Waals surface area contributed by atoms with E-state index in [2.05, 4.69) is 59.7 Å². The number of rotatable bonds is 8. The molecule has 1 aromatic heterocycles. The Morgan fingerprint density at radius 2 is 2.09 bits per heavy atom. The van der Waals surface area contributed by atoms with Crippen molar-refractivity contribution < 1.29 is 9.53 Å². The van der Waals surface area contributed by atoms with Gasteiger partial charge >= 0.3 is 0 Å². The van der Waals surface area contributed by atoms with Crippen LogP contribution in [0, 0.1) is 6.92 Å². The highest BCUT2D eigenvalue weighted by Crippen LogP contribution is 2.30. The van der Waals surface area contributed by atoms with Gasteiger partial charge in [0.15, 0.2) is 5.82 Å². The summed E-state index contributed by atoms with van der Waals surface area (Å²) in [5.41, 5.74) is 4.81. The van der Waals surface area contributed by atoms with Crippen LogP contribution < -0.4 is 15.9 Å². The van der Waals surface area contributed by atoms with Crippen LogP contribution in [-0.4, -0.2) is 26.5 Å². The molecule has 4 rings (SSSR count). The Bertz CT molecular complexity index is 1130. The zero-order chi connectivity index (χ0) is 23.4. The minimum absolute atomic E-state index is 0.0381. The summed E-state index contributed by atoms with van der Waals surface area (Å²) in [6, 6.07) is 14.6. The molecule has 0 saturated heterocycles. The summed E-state index contributed by atoms with van der Waals surface area (Å²) in [4.78, 5) is 12.6. The molecule has 8 heteroatoms. The second-order valence-corrected chi connectivity index (χ2v) is 9.70. The highest BCUT2D eigenvalue weighted by Gasteiger charge is 2.22. The van der Waals surface area contributed by atoms with Crippen LogP contribution in [0.2, 0.25) is 0 Å². The number of benzene rings is 2. The van der Waals surface area contributed by atoms with E-state index in [0.717, 1.165) is 36.1 Å². The van der Waals surface area contributed by atoms with Crippen molar-refractivity contribution in [3.8, 4) is 5.75 Å². The molecular weight excluding hydrogens is 434 g/mol. The van der Waals surface area contributed by atoms with Gasteiger partial charge in [0, 0.05) is 0 Å². The molecule has 2 aromatic carbocycles. The first-order valence-corrected chi connectivity index (χ1v) is 12.3. The molecular formula is C25H31N5O2S. The lowest BCUT2D eigenvalue weighted by Gasteiger charge is -2.26. The van der Waals surface area contributed by atoms with Gasteiger partial charge in [-0.3, -0.25) is 4.79 Å². The number of aryl methyl sites for hydroxylation is 2. The van der Waals surface area contributed by atoms with E-state index in [9.17, 15) is 4.79 Å². The fourth-order valence-corrected chi connectivity index (χ4v) is 4.85. The molecule has 1 atom stereocenters. The number of amides is 1. The quantitative estimate of drug-likeness (QED) is 0.381. The van der Waals surface area contributed by atoms with E-state index < -0.39 is 0 Å². The highest BCUT2D eigenvalue weighted by molar-refractivity contribution is 7.99. The minimum atomic E-state index is -0.0381. The molecule has 0 aliphatic heterocycles. The van der Waals surface area contributed by atoms with E-state index >= 15 is 0 Å². The van der Waals surface area contributed by atoms with Crippen LogP contribution >= 0.6 is 11.8 Å². The van der Waals surface area contributed by atoms with Crippen molar-refractivity contribution in [2.45, 2.75) is 63.8 Å². The number of ether oxygens (including phenoxy) is 1. The lowest BCUT2D eigenvalue weighted by Crippen LogP contribution is -2.32. The first-order chi connectivity index (χ1) is 15.9. The number of carbonyl (C=O) groups excluding carboxylic acids is 1. The van der Waals surface area contributed by atoms with Crippen LogP contribution in [0.3, 0.4) is 0 Å². The number of hydrogen-bond donors (Lipinski definition) is 2. The van der Waals surface area contributed by atoms with Crippen molar-refractivity contribution in [2.24, 2.45) is 0 Å². The van der Waals surface area contributed by atoms with E-state index in [1.165, 1.54) is 27.6 Å². The Morgan fingerprint density at radius 3 is 2.91 bits per heavy atom. The van der Waals surface area contributed by atoms with Crippen molar-refractivity contribution in [1.29, 1.82) is 0 Å². The number of nitrogen functional groups attached to an aromatic ring is 1. The highest BCUT2D eigenvalue weighted by atomic mass is 32.2. The SMILES string of the molecule is Cc1ccc(C(C)C)c(OCc2nnc(SCC(=O)NC3CCCc4ccccc43)n2N)c1. The molecule has 1 unspecified atom stereocenters. The number of nitrogens with two attached hydrogens (primary N) is 1. The maximum absolute atomic E-state index is 12.6. The molecule has 1 aliphatic rings. The lowest BCUT2D eigenvalue weighted by atomic mass is 9.88. The molecule has 174 valence electrons. The van der Waals surface area contributed by atoms with Gasteiger partial charge in [-0.25, -0.2) is 4.68 Å². The predicted octanol–water partition coefficient (Wildman–Crippen LogP) is 4.29. The maximum Gasteiger partial charge on any atom is 0.230 e. The van der Waals surface area contributed by atoms with Crippen molar-refractivity contribution >= 4 is 17.7 Å². The summed E-state index contributed by atoms with van der Waals surface area (Å²) in [5.74, 6) is 8.06. The molecule has 33 heavy (non-hydrogen) atoms. The van der Waals surface area contributed by atoms with Crippen molar-refractivity contribution in [3.63, 3.8) is 0 Å². The van der Waals surface area contributed by atoms with Gasteiger partial charge < -0.3 is 15.9 Å². The predicted molar refractivity (Wildman–Crippen MR) is 131 cm³/mol. The number of aromatic nitrogens is 3. The second-order valence-electron chi connectivity index (χ2n) is 8.75. The van der Waals surface area contributed by atoms with E-state index in [0.29, 0.717) is 16.9 Å². The first-order valence-electron chi connectivity index (χ1n) is 11.3. The van der Waals surface area contributed by atoms with E-state index in [1.54, 1.807) is 0 Å². The Balaban J connectivity index is 1.34. The monoisotopic (exact) mass is 465 g/mol. The maximum atomic E-state index is 12.6. The molecule has 0 bridgehead atoms. The van der Waals surface area contributed by atoms with Gasteiger partial charge in [0.25, 0.3) is 0 Å². The second kappa shape index (κ2) is 10.3. The van der Waals surface area contributed by atoms with Crippen LogP contribution in [0.1, 0.15) is 66.7 Å². The molecule has 1 amide bonds. The third-order valence-electron chi connectivity index (χ3n) is 5.92. The zero-order valence-corrected chi connectivity index (χ0v) is 20.2. The normalized spacial score (nSPS) is 15.3. The number of thioether (sulfide) groups is 1. The summed E-state index contributed by atoms with van der Waals surface area (Å²) >= 11 is 1.27. The molecule has 1 aliphatic carbocycles. The Hall–Kier alpha value is -3.00. The smallest absolute Gasteiger partial charge is 0.230 e. The summed E-state index contributed by atoms with van der Waals surface area (Å²) in [6.45, 7) is 6.51. The molecule has 7 nitrogen and oxygen atoms in total. The largest absolute Gasteiger partial charge is 0.485 e. The summed E-state index contributed by atoms with van der Waals surface area (Å²) < 4.78 is 7.43. The molecule has 1 heterocycles. The number of nitrogens with zero attached hydrogens (tertiary/aromatic N) is 3. The van der Waals surface area contributed by atoms with Crippen LogP contribution in [0.15, 0.2) is 47.6 Å². The Labute approximate surface area is 199 Å². The van der Waals surface area contributed by atoms with Gasteiger partial charge in [-0.05, 0) is 60.4 Å². The summed E-state index contributed by atoms with van der Waals surface area (Å²) in [6.07, 6.45) is 3.11. The van der Waals surface area contributed by atoms with Crippen molar-refractivity contribution in [3.05, 3.63) is 70.5 Å². The third kappa shape index (κ3) is 5.50. The van der Waals surface area contributed by atoms with E-state index in [4.69, 9.17) is 10.6 Å². The van der Waals surface area contributed by atoms with Gasteiger partial charge in [-0.2, -0.15) is 0 Å². The van der Waals surface area contributed by atoms with Gasteiger partial charge in [0.1, 0.15) is 12.4 Å². The fraction of sp³-hybridized carbons (Fsp3) is 0.400. The van der Waals surface area contributed by atoms with E-state index in [1.807, 2.05) is 19.1 Å². The van der Waals surface area contributed by atoms with Crippen LogP contribution in [0.5, 0.6) is 5.75 Å². The zero-order valence-electron chi connectivity index (χ0n) is 19.4. The molecule has 0 radical (unpaired) electrons. The Morgan fingerprint density at radius 1 is 1.27 bits per heavy atom. The van der Waals surface area contributed by atoms with Gasteiger partial charge in [-0.1, -0.05) is 62.0 Å². The van der Waals surface area contributed by atoms with Crippen LogP contribution in [-0.2, 0) is 17.8 Å². The van der Waals surface area contributed by atoms with E-state index in [-0.39, 0.29) is 24.3 Å². The molecule has 0 spiro atoms. The number of hydrogen-bond acceptors (Lipinski definition) is 6. The van der Waals surface area contributed by atoms with Crippen LogP contribution in [0.25, 0.3) is 0 Å². The molecule has 3 N–H and O–H groups in total. The molecule has 0 saturated carbocycles. The standard InChI is InChI=1S/C25H31N5O2S/c1-16(2)19-12-11-17(3)13-22(19)32-14-23-28-29-25(30(23)26)33-15-24(31)27-21-10-6-8-18-7-4-5-9-20(18)21/h4-5,7,9,11-13,16,21H,6,8,10,14-15,26H2,1-3H3,(H,27,31). The fourth-order valence-electron chi connectivity index (χ4n) is 4.16. The van der Waals surface area contributed by atoms with Crippen molar-refractivity contribution in [1.82, 2.24) is 20.2 Å². The summed E-state index contributed by atoms with van der Waals surface area (Å²) in [7, 11) is 0. The average Bonchev–Trinajstić information content (AvgIpc) is 3.15. The third-order valence-corrected chi connectivity index (χ3v) is 6.86. The Kier molecular flexibility index (Phi) is 7.23. The molecule has 3 aromatic rings.